The number of hydrogen-bond acceptors (Lipinski definition) is 2. The zero-order chi connectivity index (χ0) is 10.9. The summed E-state index contributed by atoms with van der Waals surface area (Å²) < 4.78 is 0. The number of anilines is 1. The van der Waals surface area contributed by atoms with Crippen LogP contribution in [0, 0.1) is 5.41 Å². The standard InChI is InChI=1S/C11H17ClN2/c1-11(2,3)10(14)7-4-5-9(13)8(12)6-7/h4-6,10H,13-14H2,1-3H3/t10-/m0/s1. The van der Waals surface area contributed by atoms with E-state index in [-0.39, 0.29) is 11.5 Å². The van der Waals surface area contributed by atoms with E-state index >= 15 is 0 Å². The van der Waals surface area contributed by atoms with Crippen LogP contribution in [0.5, 0.6) is 0 Å². The normalized spacial score (nSPS) is 14.1. The first-order chi connectivity index (χ1) is 6.32. The second kappa shape index (κ2) is 3.79. The molecule has 0 aliphatic heterocycles. The average Bonchev–Trinajstić information content (AvgIpc) is 2.07. The lowest BCUT2D eigenvalue weighted by Crippen LogP contribution is -2.26. The molecule has 2 nitrogen and oxygen atoms in total. The Morgan fingerprint density at radius 1 is 1.29 bits per heavy atom. The van der Waals surface area contributed by atoms with E-state index in [0.29, 0.717) is 10.7 Å². The van der Waals surface area contributed by atoms with Crippen molar-refractivity contribution in [3.63, 3.8) is 0 Å². The Kier molecular flexibility index (Phi) is 3.07. The molecule has 78 valence electrons. The first kappa shape index (κ1) is 11.3. The molecule has 3 heteroatoms. The van der Waals surface area contributed by atoms with Gasteiger partial charge in [0.05, 0.1) is 10.7 Å². The maximum absolute atomic E-state index is 6.09. The van der Waals surface area contributed by atoms with Gasteiger partial charge >= 0.3 is 0 Å². The van der Waals surface area contributed by atoms with Gasteiger partial charge < -0.3 is 11.5 Å². The Labute approximate surface area is 90.2 Å². The summed E-state index contributed by atoms with van der Waals surface area (Å²) in [5, 5.41) is 0.571. The molecule has 0 amide bonds. The largest absolute Gasteiger partial charge is 0.398 e. The van der Waals surface area contributed by atoms with Gasteiger partial charge in [-0.3, -0.25) is 0 Å². The quantitative estimate of drug-likeness (QED) is 0.704. The first-order valence-electron chi connectivity index (χ1n) is 4.63. The van der Waals surface area contributed by atoms with Crippen molar-refractivity contribution in [2.45, 2.75) is 26.8 Å². The molecule has 0 unspecified atom stereocenters. The molecular formula is C11H17ClN2. The van der Waals surface area contributed by atoms with Gasteiger partial charge in [-0.15, -0.1) is 0 Å². The van der Waals surface area contributed by atoms with Crippen molar-refractivity contribution in [3.05, 3.63) is 28.8 Å². The minimum absolute atomic E-state index is 0.0272. The predicted molar refractivity (Wildman–Crippen MR) is 62.2 cm³/mol. The zero-order valence-corrected chi connectivity index (χ0v) is 9.60. The van der Waals surface area contributed by atoms with Gasteiger partial charge in [0.25, 0.3) is 0 Å². The lowest BCUT2D eigenvalue weighted by atomic mass is 9.83. The summed E-state index contributed by atoms with van der Waals surface area (Å²) in [6.07, 6.45) is 0. The van der Waals surface area contributed by atoms with Crippen LogP contribution in [0.4, 0.5) is 5.69 Å². The average molecular weight is 213 g/mol. The molecule has 0 aliphatic carbocycles. The topological polar surface area (TPSA) is 52.0 Å². The van der Waals surface area contributed by atoms with Gasteiger partial charge in [0.2, 0.25) is 0 Å². The maximum atomic E-state index is 6.09. The third-order valence-electron chi connectivity index (χ3n) is 2.32. The van der Waals surface area contributed by atoms with Crippen molar-refractivity contribution >= 4 is 17.3 Å². The Bertz CT molecular complexity index is 329. The molecule has 0 saturated heterocycles. The van der Waals surface area contributed by atoms with E-state index in [4.69, 9.17) is 23.1 Å². The van der Waals surface area contributed by atoms with Gasteiger partial charge in [-0.1, -0.05) is 38.4 Å². The van der Waals surface area contributed by atoms with Crippen molar-refractivity contribution in [2.24, 2.45) is 11.1 Å². The van der Waals surface area contributed by atoms with Crippen molar-refractivity contribution in [3.8, 4) is 0 Å². The molecular weight excluding hydrogens is 196 g/mol. The monoisotopic (exact) mass is 212 g/mol. The molecule has 1 aromatic carbocycles. The van der Waals surface area contributed by atoms with Gasteiger partial charge in [0, 0.05) is 6.04 Å². The summed E-state index contributed by atoms with van der Waals surface area (Å²) >= 11 is 5.93. The fourth-order valence-electron chi connectivity index (χ4n) is 1.24. The van der Waals surface area contributed by atoms with Crippen LogP contribution in [0.1, 0.15) is 32.4 Å². The summed E-state index contributed by atoms with van der Waals surface area (Å²) in [5.41, 5.74) is 13.4. The Morgan fingerprint density at radius 2 is 1.86 bits per heavy atom. The van der Waals surface area contributed by atoms with Gasteiger partial charge in [0.1, 0.15) is 0 Å². The Hall–Kier alpha value is -0.730. The number of halogens is 1. The molecule has 14 heavy (non-hydrogen) atoms. The van der Waals surface area contributed by atoms with Crippen molar-refractivity contribution < 1.29 is 0 Å². The fraction of sp³-hybridized carbons (Fsp3) is 0.455. The molecule has 0 heterocycles. The fourth-order valence-corrected chi connectivity index (χ4v) is 1.43. The molecule has 0 aromatic heterocycles. The van der Waals surface area contributed by atoms with Crippen molar-refractivity contribution in [2.75, 3.05) is 5.73 Å². The SMILES string of the molecule is CC(C)(C)[C@@H](N)c1ccc(N)c(Cl)c1. The highest BCUT2D eigenvalue weighted by Crippen LogP contribution is 2.32. The van der Waals surface area contributed by atoms with Gasteiger partial charge in [-0.2, -0.15) is 0 Å². The van der Waals surface area contributed by atoms with E-state index in [9.17, 15) is 0 Å². The van der Waals surface area contributed by atoms with E-state index in [1.807, 2.05) is 12.1 Å². The van der Waals surface area contributed by atoms with Gasteiger partial charge in [-0.25, -0.2) is 0 Å². The third kappa shape index (κ3) is 2.40. The van der Waals surface area contributed by atoms with Crippen LogP contribution in [0.25, 0.3) is 0 Å². The van der Waals surface area contributed by atoms with Crippen LogP contribution < -0.4 is 11.5 Å². The lowest BCUT2D eigenvalue weighted by molar-refractivity contribution is 0.327. The van der Waals surface area contributed by atoms with E-state index in [0.717, 1.165) is 5.56 Å². The maximum Gasteiger partial charge on any atom is 0.0638 e. The summed E-state index contributed by atoms with van der Waals surface area (Å²) in [7, 11) is 0. The number of benzene rings is 1. The van der Waals surface area contributed by atoms with Crippen LogP contribution >= 0.6 is 11.6 Å². The molecule has 1 atom stereocenters. The molecule has 0 aliphatic rings. The van der Waals surface area contributed by atoms with Crippen molar-refractivity contribution in [1.29, 1.82) is 0 Å². The first-order valence-corrected chi connectivity index (χ1v) is 5.00. The van der Waals surface area contributed by atoms with E-state index in [2.05, 4.69) is 20.8 Å². The highest BCUT2D eigenvalue weighted by molar-refractivity contribution is 6.33. The Morgan fingerprint density at radius 3 is 2.29 bits per heavy atom. The summed E-state index contributed by atoms with van der Waals surface area (Å²) in [6.45, 7) is 6.30. The number of hydrogen-bond donors (Lipinski definition) is 2. The second-order valence-electron chi connectivity index (χ2n) is 4.62. The summed E-state index contributed by atoms with van der Waals surface area (Å²) in [6, 6.07) is 5.54. The number of nitrogens with two attached hydrogens (primary N) is 2. The number of rotatable bonds is 1. The van der Waals surface area contributed by atoms with E-state index in [1.54, 1.807) is 6.07 Å². The highest BCUT2D eigenvalue weighted by Gasteiger charge is 2.22. The van der Waals surface area contributed by atoms with Gasteiger partial charge in [-0.05, 0) is 23.1 Å². The molecule has 1 aromatic rings. The molecule has 0 spiro atoms. The van der Waals surface area contributed by atoms with Crippen LogP contribution in [-0.2, 0) is 0 Å². The molecule has 0 fully saturated rings. The summed E-state index contributed by atoms with van der Waals surface area (Å²) in [5.74, 6) is 0. The van der Waals surface area contributed by atoms with Crippen LogP contribution in [-0.4, -0.2) is 0 Å². The minimum Gasteiger partial charge on any atom is -0.398 e. The molecule has 0 radical (unpaired) electrons. The molecule has 0 saturated carbocycles. The van der Waals surface area contributed by atoms with E-state index in [1.165, 1.54) is 0 Å². The molecule has 0 bridgehead atoms. The third-order valence-corrected chi connectivity index (χ3v) is 2.64. The lowest BCUT2D eigenvalue weighted by Gasteiger charge is -2.27. The van der Waals surface area contributed by atoms with Gasteiger partial charge in [0.15, 0.2) is 0 Å². The predicted octanol–water partition coefficient (Wildman–Crippen LogP) is 2.97. The Balaban J connectivity index is 3.03. The highest BCUT2D eigenvalue weighted by atomic mass is 35.5. The van der Waals surface area contributed by atoms with Crippen LogP contribution in [0.3, 0.4) is 0 Å². The minimum atomic E-state index is -0.0272. The van der Waals surface area contributed by atoms with Crippen molar-refractivity contribution in [1.82, 2.24) is 0 Å². The zero-order valence-electron chi connectivity index (χ0n) is 8.84. The smallest absolute Gasteiger partial charge is 0.0638 e. The van der Waals surface area contributed by atoms with E-state index < -0.39 is 0 Å². The molecule has 1 rings (SSSR count). The van der Waals surface area contributed by atoms with Crippen LogP contribution in [0.15, 0.2) is 18.2 Å². The number of nitrogen functional groups attached to an aromatic ring is 1. The second-order valence-corrected chi connectivity index (χ2v) is 5.03. The van der Waals surface area contributed by atoms with Crippen LogP contribution in [0.2, 0.25) is 5.02 Å². The summed E-state index contributed by atoms with van der Waals surface area (Å²) in [4.78, 5) is 0. The molecule has 4 N–H and O–H groups in total.